The van der Waals surface area contributed by atoms with Crippen LogP contribution in [0.1, 0.15) is 6.42 Å². The molecular weight excluding hydrogens is 272 g/mol. The van der Waals surface area contributed by atoms with E-state index in [1.54, 1.807) is 0 Å². The van der Waals surface area contributed by atoms with Crippen LogP contribution in [-0.2, 0) is 0 Å². The van der Waals surface area contributed by atoms with Crippen LogP contribution in [0.3, 0.4) is 0 Å². The first kappa shape index (κ1) is 16.5. The smallest absolute Gasteiger partial charge is 0.127 e. The second-order valence-corrected chi connectivity index (χ2v) is 5.89. The number of nitrogens with two attached hydrogens (primary N) is 1. The third-order valence-corrected chi connectivity index (χ3v) is 3.63. The van der Waals surface area contributed by atoms with E-state index in [1.807, 2.05) is 12.1 Å². The lowest BCUT2D eigenvalue weighted by Crippen LogP contribution is -3.09. The van der Waals surface area contributed by atoms with Gasteiger partial charge in [-0.1, -0.05) is 48.5 Å². The Balaban J connectivity index is 1.79. The van der Waals surface area contributed by atoms with Crippen LogP contribution in [0.4, 0.5) is 0 Å². The van der Waals surface area contributed by atoms with E-state index in [-0.39, 0.29) is 0 Å². The van der Waals surface area contributed by atoms with E-state index in [1.165, 1.54) is 29.1 Å². The molecule has 0 unspecified atom stereocenters. The standard InChI is InChI=1S/C19H26N2O/c1-21(2)15-14-20-13-8-16-22-19-12-7-6-11-18(19)17-9-4-3-5-10-17/h3-7,9-12,20H,8,13-16H2,1-2H3/p+2. The fraction of sp³-hybridized carbons (Fsp3) is 0.368. The SMILES string of the molecule is C[NH+](C)CC[NH2+]CCCOc1ccccc1-c1ccccc1. The molecule has 22 heavy (non-hydrogen) atoms. The number of rotatable bonds is 9. The Morgan fingerprint density at radius 3 is 2.41 bits per heavy atom. The lowest BCUT2D eigenvalue weighted by Gasteiger charge is -2.11. The summed E-state index contributed by atoms with van der Waals surface area (Å²) < 4.78 is 5.99. The lowest BCUT2D eigenvalue weighted by atomic mass is 10.1. The summed E-state index contributed by atoms with van der Waals surface area (Å²) >= 11 is 0. The summed E-state index contributed by atoms with van der Waals surface area (Å²) in [7, 11) is 4.38. The number of nitrogens with one attached hydrogen (secondary N) is 1. The van der Waals surface area contributed by atoms with E-state index in [0.717, 1.165) is 25.3 Å². The molecule has 2 aromatic rings. The molecule has 0 aromatic heterocycles. The largest absolute Gasteiger partial charge is 0.493 e. The minimum Gasteiger partial charge on any atom is -0.493 e. The van der Waals surface area contributed by atoms with Gasteiger partial charge in [0.15, 0.2) is 0 Å². The number of quaternary nitrogens is 2. The third kappa shape index (κ3) is 5.51. The molecule has 0 saturated heterocycles. The van der Waals surface area contributed by atoms with Crippen LogP contribution in [0, 0.1) is 0 Å². The summed E-state index contributed by atoms with van der Waals surface area (Å²) in [5, 5.41) is 2.37. The Bertz CT molecular complexity index is 540. The van der Waals surface area contributed by atoms with Crippen LogP contribution < -0.4 is 15.0 Å². The van der Waals surface area contributed by atoms with Gasteiger partial charge in [-0.2, -0.15) is 0 Å². The summed E-state index contributed by atoms with van der Waals surface area (Å²) in [5.41, 5.74) is 2.38. The van der Waals surface area contributed by atoms with Crippen LogP contribution in [0.5, 0.6) is 5.75 Å². The van der Waals surface area contributed by atoms with Crippen LogP contribution >= 0.6 is 0 Å². The van der Waals surface area contributed by atoms with Crippen molar-refractivity contribution in [3.05, 3.63) is 54.6 Å². The van der Waals surface area contributed by atoms with Crippen LogP contribution in [0.2, 0.25) is 0 Å². The van der Waals surface area contributed by atoms with Crippen LogP contribution in [-0.4, -0.2) is 40.3 Å². The van der Waals surface area contributed by atoms with E-state index < -0.39 is 0 Å². The van der Waals surface area contributed by atoms with Gasteiger partial charge in [-0.3, -0.25) is 0 Å². The van der Waals surface area contributed by atoms with E-state index in [0.29, 0.717) is 0 Å². The molecular formula is C19H28N2O+2. The number of hydrogen-bond acceptors (Lipinski definition) is 1. The van der Waals surface area contributed by atoms with Crippen molar-refractivity contribution < 1.29 is 15.0 Å². The molecule has 118 valence electrons. The Morgan fingerprint density at radius 2 is 1.64 bits per heavy atom. The highest BCUT2D eigenvalue weighted by atomic mass is 16.5. The van der Waals surface area contributed by atoms with E-state index in [4.69, 9.17) is 4.74 Å². The minimum absolute atomic E-state index is 0.773. The van der Waals surface area contributed by atoms with Gasteiger partial charge in [-0.15, -0.1) is 0 Å². The maximum atomic E-state index is 5.99. The summed E-state index contributed by atoms with van der Waals surface area (Å²) in [6.07, 6.45) is 1.08. The Morgan fingerprint density at radius 1 is 0.909 bits per heavy atom. The topological polar surface area (TPSA) is 30.3 Å². The maximum absolute atomic E-state index is 5.99. The molecule has 2 rings (SSSR count). The van der Waals surface area contributed by atoms with E-state index in [9.17, 15) is 0 Å². The van der Waals surface area contributed by atoms with Crippen molar-refractivity contribution in [1.82, 2.24) is 0 Å². The highest BCUT2D eigenvalue weighted by molar-refractivity contribution is 5.70. The highest BCUT2D eigenvalue weighted by Gasteiger charge is 2.05. The molecule has 0 radical (unpaired) electrons. The van der Waals surface area contributed by atoms with Crippen LogP contribution in [0.15, 0.2) is 54.6 Å². The van der Waals surface area contributed by atoms with Crippen molar-refractivity contribution in [2.24, 2.45) is 0 Å². The van der Waals surface area contributed by atoms with Crippen LogP contribution in [0.25, 0.3) is 11.1 Å². The number of likely N-dealkylation sites (N-methyl/N-ethyl adjacent to an activating group) is 1. The van der Waals surface area contributed by atoms with Gasteiger partial charge in [0, 0.05) is 12.0 Å². The molecule has 0 bridgehead atoms. The Hall–Kier alpha value is -1.84. The molecule has 0 aliphatic rings. The monoisotopic (exact) mass is 300 g/mol. The zero-order valence-corrected chi connectivity index (χ0v) is 13.7. The molecule has 0 spiro atoms. The average Bonchev–Trinajstić information content (AvgIpc) is 2.55. The Kier molecular flexibility index (Phi) is 6.94. The fourth-order valence-electron chi connectivity index (χ4n) is 2.39. The van der Waals surface area contributed by atoms with Gasteiger partial charge in [-0.05, 0) is 11.6 Å². The third-order valence-electron chi connectivity index (χ3n) is 3.63. The highest BCUT2D eigenvalue weighted by Crippen LogP contribution is 2.29. The first-order valence-corrected chi connectivity index (χ1v) is 8.15. The minimum atomic E-state index is 0.773. The normalized spacial score (nSPS) is 10.9. The number of hydrogen-bond donors (Lipinski definition) is 2. The molecule has 0 aliphatic carbocycles. The van der Waals surface area contributed by atoms with Gasteiger partial charge in [-0.25, -0.2) is 0 Å². The van der Waals surface area contributed by atoms with Gasteiger partial charge in [0.25, 0.3) is 0 Å². The first-order valence-electron chi connectivity index (χ1n) is 8.15. The zero-order chi connectivity index (χ0) is 15.6. The van der Waals surface area contributed by atoms with Gasteiger partial charge in [0.1, 0.15) is 18.8 Å². The molecule has 0 aliphatic heterocycles. The molecule has 0 amide bonds. The molecule has 0 heterocycles. The van der Waals surface area contributed by atoms with Crippen molar-refractivity contribution >= 4 is 0 Å². The summed E-state index contributed by atoms with van der Waals surface area (Å²) in [5.74, 6) is 0.978. The molecule has 3 nitrogen and oxygen atoms in total. The van der Waals surface area contributed by atoms with Gasteiger partial charge in [0.05, 0.1) is 27.2 Å². The van der Waals surface area contributed by atoms with Crippen molar-refractivity contribution in [3.63, 3.8) is 0 Å². The van der Waals surface area contributed by atoms with E-state index >= 15 is 0 Å². The quantitative estimate of drug-likeness (QED) is 0.660. The molecule has 0 saturated carbocycles. The lowest BCUT2D eigenvalue weighted by molar-refractivity contribution is -0.874. The predicted octanol–water partition coefficient (Wildman–Crippen LogP) is 0.830. The first-order chi connectivity index (χ1) is 10.8. The van der Waals surface area contributed by atoms with E-state index in [2.05, 4.69) is 61.9 Å². The fourth-order valence-corrected chi connectivity index (χ4v) is 2.39. The number of para-hydroxylation sites is 1. The Labute approximate surface area is 133 Å². The summed E-state index contributed by atoms with van der Waals surface area (Å²) in [4.78, 5) is 1.50. The second kappa shape index (κ2) is 9.23. The number of ether oxygens (including phenoxy) is 1. The van der Waals surface area contributed by atoms with Crippen molar-refractivity contribution in [3.8, 4) is 16.9 Å². The zero-order valence-electron chi connectivity index (χ0n) is 13.7. The molecule has 3 N–H and O–H groups in total. The summed E-state index contributed by atoms with van der Waals surface area (Å²) in [6.45, 7) is 4.29. The van der Waals surface area contributed by atoms with Gasteiger partial charge < -0.3 is 15.0 Å². The molecule has 0 atom stereocenters. The van der Waals surface area contributed by atoms with Gasteiger partial charge >= 0.3 is 0 Å². The maximum Gasteiger partial charge on any atom is 0.127 e. The van der Waals surface area contributed by atoms with Gasteiger partial charge in [0.2, 0.25) is 0 Å². The molecule has 2 aromatic carbocycles. The van der Waals surface area contributed by atoms with Crippen molar-refractivity contribution in [2.45, 2.75) is 6.42 Å². The number of benzene rings is 2. The predicted molar refractivity (Wildman–Crippen MR) is 91.3 cm³/mol. The van der Waals surface area contributed by atoms with Crippen molar-refractivity contribution in [1.29, 1.82) is 0 Å². The molecule has 3 heteroatoms. The summed E-state index contributed by atoms with van der Waals surface area (Å²) in [6, 6.07) is 18.7. The van der Waals surface area contributed by atoms with Crippen molar-refractivity contribution in [2.75, 3.05) is 40.3 Å². The average molecular weight is 300 g/mol. The molecule has 0 fully saturated rings. The second-order valence-electron chi connectivity index (χ2n) is 5.89.